The molecule has 0 saturated heterocycles. The number of rotatable bonds is 3. The van der Waals surface area contributed by atoms with E-state index in [2.05, 4.69) is 0 Å². The molecule has 0 bridgehead atoms. The van der Waals surface area contributed by atoms with Gasteiger partial charge in [0.15, 0.2) is 0 Å². The molecule has 17 heavy (non-hydrogen) atoms. The van der Waals surface area contributed by atoms with Gasteiger partial charge in [-0.15, -0.1) is 0 Å². The first-order chi connectivity index (χ1) is 8.24. The molecule has 88 valence electrons. The summed E-state index contributed by atoms with van der Waals surface area (Å²) in [6.45, 7) is 0. The van der Waals surface area contributed by atoms with Gasteiger partial charge < -0.3 is 14.6 Å². The number of ether oxygens (including phenoxy) is 2. The highest BCUT2D eigenvalue weighted by Gasteiger charge is 2.06. The maximum atomic E-state index is 9.51. The molecule has 0 aliphatic carbocycles. The van der Waals surface area contributed by atoms with Crippen molar-refractivity contribution >= 4 is 0 Å². The lowest BCUT2D eigenvalue weighted by atomic mass is 10.0. The molecule has 0 aromatic heterocycles. The van der Waals surface area contributed by atoms with Crippen LogP contribution < -0.4 is 9.47 Å². The molecule has 0 spiro atoms. The molecular formula is C14H14O3. The van der Waals surface area contributed by atoms with E-state index >= 15 is 0 Å². The summed E-state index contributed by atoms with van der Waals surface area (Å²) in [5, 5.41) is 9.51. The lowest BCUT2D eigenvalue weighted by molar-refractivity contribution is 0.413. The van der Waals surface area contributed by atoms with Crippen molar-refractivity contribution in [2.75, 3.05) is 14.2 Å². The number of methoxy groups -OCH3 is 2. The van der Waals surface area contributed by atoms with Crippen LogP contribution >= 0.6 is 0 Å². The largest absolute Gasteiger partial charge is 0.508 e. The van der Waals surface area contributed by atoms with Gasteiger partial charge in [0, 0.05) is 5.56 Å². The first-order valence-electron chi connectivity index (χ1n) is 5.26. The molecule has 0 heterocycles. The summed E-state index contributed by atoms with van der Waals surface area (Å²) in [6, 6.07) is 12.6. The first kappa shape index (κ1) is 11.3. The summed E-state index contributed by atoms with van der Waals surface area (Å²) >= 11 is 0. The zero-order valence-electron chi connectivity index (χ0n) is 9.81. The Kier molecular flexibility index (Phi) is 3.19. The number of benzene rings is 2. The number of phenols is 1. The molecule has 1 N–H and O–H groups in total. The van der Waals surface area contributed by atoms with Crippen LogP contribution in [0.2, 0.25) is 0 Å². The molecule has 0 saturated carbocycles. The smallest absolute Gasteiger partial charge is 0.126 e. The van der Waals surface area contributed by atoms with Crippen LogP contribution in [0.3, 0.4) is 0 Å². The topological polar surface area (TPSA) is 38.7 Å². The molecule has 0 aliphatic heterocycles. The Balaban J connectivity index is 2.47. The van der Waals surface area contributed by atoms with E-state index in [1.54, 1.807) is 32.4 Å². The monoisotopic (exact) mass is 230 g/mol. The molecule has 3 nitrogen and oxygen atoms in total. The highest BCUT2D eigenvalue weighted by molar-refractivity contribution is 5.72. The lowest BCUT2D eigenvalue weighted by Crippen LogP contribution is -1.88. The molecule has 0 fully saturated rings. The maximum absolute atomic E-state index is 9.51. The second-order valence-electron chi connectivity index (χ2n) is 3.61. The highest BCUT2D eigenvalue weighted by atomic mass is 16.5. The van der Waals surface area contributed by atoms with E-state index in [0.29, 0.717) is 0 Å². The third kappa shape index (κ3) is 2.33. The summed E-state index contributed by atoms with van der Waals surface area (Å²) in [5.74, 6) is 1.75. The van der Waals surface area contributed by atoms with Gasteiger partial charge in [0.2, 0.25) is 0 Å². The Labute approximate surface area is 100 Å². The fraction of sp³-hybridized carbons (Fsp3) is 0.143. The molecule has 2 aromatic rings. The van der Waals surface area contributed by atoms with Gasteiger partial charge in [-0.1, -0.05) is 12.1 Å². The second kappa shape index (κ2) is 4.78. The Morgan fingerprint density at radius 1 is 0.882 bits per heavy atom. The fourth-order valence-corrected chi connectivity index (χ4v) is 1.69. The van der Waals surface area contributed by atoms with Crippen molar-refractivity contribution in [2.45, 2.75) is 0 Å². The quantitative estimate of drug-likeness (QED) is 0.880. The summed E-state index contributed by atoms with van der Waals surface area (Å²) in [4.78, 5) is 0. The number of aromatic hydroxyl groups is 1. The summed E-state index contributed by atoms with van der Waals surface area (Å²) in [5.41, 5.74) is 1.83. The standard InChI is InChI=1S/C14H14O3/c1-16-12-6-3-10(4-7-12)13-9-11(15)5-8-14(13)17-2/h3-9,15H,1-2H3. The van der Waals surface area contributed by atoms with E-state index in [-0.39, 0.29) is 5.75 Å². The highest BCUT2D eigenvalue weighted by Crippen LogP contribution is 2.33. The Hall–Kier alpha value is -2.16. The molecule has 0 radical (unpaired) electrons. The third-order valence-corrected chi connectivity index (χ3v) is 2.58. The van der Waals surface area contributed by atoms with Gasteiger partial charge >= 0.3 is 0 Å². The van der Waals surface area contributed by atoms with Crippen molar-refractivity contribution in [3.05, 3.63) is 42.5 Å². The predicted molar refractivity (Wildman–Crippen MR) is 66.6 cm³/mol. The maximum Gasteiger partial charge on any atom is 0.126 e. The Morgan fingerprint density at radius 2 is 1.59 bits per heavy atom. The number of phenolic OH excluding ortho intramolecular Hbond substituents is 1. The molecular weight excluding hydrogens is 216 g/mol. The SMILES string of the molecule is COc1ccc(-c2cc(O)ccc2OC)cc1. The molecule has 2 aromatic carbocycles. The predicted octanol–water partition coefficient (Wildman–Crippen LogP) is 3.08. The molecule has 0 amide bonds. The van der Waals surface area contributed by atoms with Crippen molar-refractivity contribution < 1.29 is 14.6 Å². The first-order valence-corrected chi connectivity index (χ1v) is 5.26. The van der Waals surface area contributed by atoms with Gasteiger partial charge in [0.05, 0.1) is 14.2 Å². The van der Waals surface area contributed by atoms with E-state index in [9.17, 15) is 5.11 Å². The minimum Gasteiger partial charge on any atom is -0.508 e. The summed E-state index contributed by atoms with van der Waals surface area (Å²) in [6.07, 6.45) is 0. The van der Waals surface area contributed by atoms with Gasteiger partial charge in [0.25, 0.3) is 0 Å². The zero-order chi connectivity index (χ0) is 12.3. The van der Waals surface area contributed by atoms with Crippen molar-refractivity contribution in [3.63, 3.8) is 0 Å². The van der Waals surface area contributed by atoms with Crippen LogP contribution in [0.1, 0.15) is 0 Å². The average molecular weight is 230 g/mol. The van der Waals surface area contributed by atoms with Crippen LogP contribution in [0.15, 0.2) is 42.5 Å². The molecule has 0 unspecified atom stereocenters. The van der Waals surface area contributed by atoms with Crippen molar-refractivity contribution in [2.24, 2.45) is 0 Å². The molecule has 2 rings (SSSR count). The fourth-order valence-electron chi connectivity index (χ4n) is 1.69. The van der Waals surface area contributed by atoms with Crippen LogP contribution in [-0.4, -0.2) is 19.3 Å². The van der Waals surface area contributed by atoms with Crippen LogP contribution in [0.4, 0.5) is 0 Å². The van der Waals surface area contributed by atoms with Gasteiger partial charge in [-0.05, 0) is 35.9 Å². The normalized spacial score (nSPS) is 10.0. The molecule has 0 atom stereocenters. The van der Waals surface area contributed by atoms with E-state index in [1.165, 1.54) is 0 Å². The van der Waals surface area contributed by atoms with E-state index in [0.717, 1.165) is 22.6 Å². The minimum atomic E-state index is 0.219. The summed E-state index contributed by atoms with van der Waals surface area (Å²) < 4.78 is 10.4. The number of hydrogen-bond acceptors (Lipinski definition) is 3. The third-order valence-electron chi connectivity index (χ3n) is 2.58. The van der Waals surface area contributed by atoms with Crippen LogP contribution in [0.25, 0.3) is 11.1 Å². The molecule has 0 aliphatic rings. The van der Waals surface area contributed by atoms with Crippen molar-refractivity contribution in [1.29, 1.82) is 0 Å². The van der Waals surface area contributed by atoms with Gasteiger partial charge in [-0.2, -0.15) is 0 Å². The number of hydrogen-bond donors (Lipinski definition) is 1. The Bertz CT molecular complexity index is 503. The van der Waals surface area contributed by atoms with Crippen molar-refractivity contribution in [1.82, 2.24) is 0 Å². The van der Waals surface area contributed by atoms with E-state index < -0.39 is 0 Å². The van der Waals surface area contributed by atoms with Crippen LogP contribution in [0.5, 0.6) is 17.2 Å². The van der Waals surface area contributed by atoms with Crippen molar-refractivity contribution in [3.8, 4) is 28.4 Å². The minimum absolute atomic E-state index is 0.219. The summed E-state index contributed by atoms with van der Waals surface area (Å²) in [7, 11) is 3.24. The second-order valence-corrected chi connectivity index (χ2v) is 3.61. The average Bonchev–Trinajstić information content (AvgIpc) is 2.39. The van der Waals surface area contributed by atoms with Crippen LogP contribution in [0, 0.1) is 0 Å². The molecule has 3 heteroatoms. The Morgan fingerprint density at radius 3 is 2.18 bits per heavy atom. The van der Waals surface area contributed by atoms with Gasteiger partial charge in [-0.3, -0.25) is 0 Å². The van der Waals surface area contributed by atoms with E-state index in [4.69, 9.17) is 9.47 Å². The van der Waals surface area contributed by atoms with Gasteiger partial charge in [0.1, 0.15) is 17.2 Å². The van der Waals surface area contributed by atoms with Gasteiger partial charge in [-0.25, -0.2) is 0 Å². The zero-order valence-corrected chi connectivity index (χ0v) is 9.81. The van der Waals surface area contributed by atoms with E-state index in [1.807, 2.05) is 24.3 Å². The van der Waals surface area contributed by atoms with Crippen LogP contribution in [-0.2, 0) is 0 Å². The lowest BCUT2D eigenvalue weighted by Gasteiger charge is -2.09.